The van der Waals surface area contributed by atoms with Gasteiger partial charge >= 0.3 is 12.1 Å². The molecule has 3 aromatic carbocycles. The third-order valence-corrected chi connectivity index (χ3v) is 7.98. The maximum atomic E-state index is 13.4. The van der Waals surface area contributed by atoms with Crippen LogP contribution >= 0.6 is 0 Å². The van der Waals surface area contributed by atoms with Crippen LogP contribution in [0.25, 0.3) is 0 Å². The van der Waals surface area contributed by atoms with Gasteiger partial charge in [-0.2, -0.15) is 4.98 Å². The number of benzene rings is 3. The minimum atomic E-state index is -1.09. The maximum Gasteiger partial charge on any atom is 0.408 e. The van der Waals surface area contributed by atoms with E-state index < -0.39 is 23.7 Å². The highest BCUT2D eigenvalue weighted by Crippen LogP contribution is 2.36. The summed E-state index contributed by atoms with van der Waals surface area (Å²) in [5.74, 6) is 0.645. The number of hydrogen-bond acceptors (Lipinski definition) is 9. The lowest BCUT2D eigenvalue weighted by Gasteiger charge is -2.37. The molecule has 5 rings (SSSR count). The number of carbonyl (C=O) groups is 2. The van der Waals surface area contributed by atoms with Gasteiger partial charge in [-0.15, -0.1) is 0 Å². The summed E-state index contributed by atoms with van der Waals surface area (Å²) in [5.41, 5.74) is 4.83. The molecule has 1 aromatic heterocycles. The van der Waals surface area contributed by atoms with Gasteiger partial charge in [0.05, 0.1) is 19.3 Å². The van der Waals surface area contributed by atoms with Crippen molar-refractivity contribution in [3.05, 3.63) is 107 Å². The molecular weight excluding hydrogens is 613 g/mol. The summed E-state index contributed by atoms with van der Waals surface area (Å²) in [6, 6.07) is 20.1. The summed E-state index contributed by atoms with van der Waals surface area (Å²) in [4.78, 5) is 37.6. The number of amides is 1. The average Bonchev–Trinajstić information content (AvgIpc) is 3.03. The zero-order valence-electron chi connectivity index (χ0n) is 28.2. The van der Waals surface area contributed by atoms with Gasteiger partial charge in [0.1, 0.15) is 23.0 Å². The zero-order chi connectivity index (χ0) is 34.4. The van der Waals surface area contributed by atoms with Crippen molar-refractivity contribution in [2.24, 2.45) is 0 Å². The van der Waals surface area contributed by atoms with Crippen molar-refractivity contribution in [3.63, 3.8) is 0 Å². The highest BCUT2D eigenvalue weighted by molar-refractivity contribution is 5.83. The molecule has 0 saturated carbocycles. The fraction of sp³-hybridized carbons (Fsp3) is 0.351. The summed E-state index contributed by atoms with van der Waals surface area (Å²) in [6.07, 6.45) is -0.0491. The van der Waals surface area contributed by atoms with E-state index in [1.165, 1.54) is 12.1 Å². The van der Waals surface area contributed by atoms with Crippen LogP contribution in [0.2, 0.25) is 0 Å². The summed E-state index contributed by atoms with van der Waals surface area (Å²) in [5, 5.41) is 5.79. The second-order valence-electron chi connectivity index (χ2n) is 12.8. The van der Waals surface area contributed by atoms with Crippen LogP contribution in [0.4, 0.5) is 26.6 Å². The summed E-state index contributed by atoms with van der Waals surface area (Å²) in [6.45, 7) is 12.1. The second-order valence-corrected chi connectivity index (χ2v) is 12.8. The van der Waals surface area contributed by atoms with E-state index in [1.807, 2.05) is 56.3 Å². The first-order valence-corrected chi connectivity index (χ1v) is 16.0. The van der Waals surface area contributed by atoms with E-state index in [0.29, 0.717) is 30.4 Å². The van der Waals surface area contributed by atoms with Crippen molar-refractivity contribution in [1.82, 2.24) is 15.3 Å². The molecule has 252 valence electrons. The van der Waals surface area contributed by atoms with Crippen molar-refractivity contribution in [3.8, 4) is 5.75 Å². The van der Waals surface area contributed by atoms with Crippen molar-refractivity contribution in [2.45, 2.75) is 72.3 Å². The van der Waals surface area contributed by atoms with Crippen LogP contribution in [0.15, 0.2) is 72.8 Å². The first-order valence-electron chi connectivity index (χ1n) is 16.0. The molecule has 48 heavy (non-hydrogen) atoms. The number of esters is 1. The molecule has 2 heterocycles. The standard InChI is InChI=1S/C37H42FN5O5/c1-23-24(2)39-35(40-29-14-12-28(38)13-15-29)42-33(23)43-19-18-27-20-30(16-17-31(27)25(43)3)47-34(44)32(41-36(45)48-37(4,5)6)22-46-21-26-10-8-7-9-11-26/h7-17,20,25,32H,18-19,21-22H2,1-6H3,(H,41,45)(H,39,40,42). The lowest BCUT2D eigenvalue weighted by atomic mass is 9.93. The fourth-order valence-electron chi connectivity index (χ4n) is 5.45. The van der Waals surface area contributed by atoms with E-state index in [-0.39, 0.29) is 25.1 Å². The molecule has 4 aromatic rings. The van der Waals surface area contributed by atoms with E-state index in [1.54, 1.807) is 39.0 Å². The molecule has 0 radical (unpaired) electrons. The Kier molecular flexibility index (Phi) is 10.6. The topological polar surface area (TPSA) is 115 Å². The highest BCUT2D eigenvalue weighted by Gasteiger charge is 2.30. The van der Waals surface area contributed by atoms with Crippen LogP contribution in [-0.4, -0.2) is 46.8 Å². The van der Waals surface area contributed by atoms with Crippen LogP contribution in [-0.2, 0) is 27.3 Å². The Balaban J connectivity index is 1.29. The Hall–Kier alpha value is -5.03. The molecule has 0 bridgehead atoms. The minimum absolute atomic E-state index is 0.0295. The van der Waals surface area contributed by atoms with Crippen molar-refractivity contribution >= 4 is 29.5 Å². The normalized spacial score (nSPS) is 14.9. The Labute approximate surface area is 280 Å². The van der Waals surface area contributed by atoms with Crippen LogP contribution < -0.4 is 20.3 Å². The molecule has 10 nitrogen and oxygen atoms in total. The molecule has 2 atom stereocenters. The monoisotopic (exact) mass is 655 g/mol. The van der Waals surface area contributed by atoms with Gasteiger partial charge in [0.2, 0.25) is 5.95 Å². The number of fused-ring (bicyclic) bond motifs is 1. The highest BCUT2D eigenvalue weighted by atomic mass is 19.1. The number of nitrogens with zero attached hydrogens (tertiary/aromatic N) is 3. The molecule has 1 aliphatic heterocycles. The SMILES string of the molecule is Cc1nc(Nc2ccc(F)cc2)nc(N2CCc3cc(OC(=O)C(COCc4ccccc4)NC(=O)OC(C)(C)C)ccc3C2C)c1C. The lowest BCUT2D eigenvalue weighted by Crippen LogP contribution is -2.47. The van der Waals surface area contributed by atoms with Gasteiger partial charge in [-0.1, -0.05) is 36.4 Å². The number of aryl methyl sites for hydroxylation is 1. The molecule has 1 aliphatic rings. The predicted octanol–water partition coefficient (Wildman–Crippen LogP) is 7.12. The van der Waals surface area contributed by atoms with E-state index in [4.69, 9.17) is 19.2 Å². The molecule has 0 spiro atoms. The third-order valence-electron chi connectivity index (χ3n) is 7.98. The number of ether oxygens (including phenoxy) is 3. The van der Waals surface area contributed by atoms with Gasteiger partial charge in [-0.05, 0) is 101 Å². The molecule has 2 unspecified atom stereocenters. The number of aromatic nitrogens is 2. The van der Waals surface area contributed by atoms with Gasteiger partial charge in [0.25, 0.3) is 0 Å². The number of rotatable bonds is 10. The van der Waals surface area contributed by atoms with E-state index in [9.17, 15) is 14.0 Å². The summed E-state index contributed by atoms with van der Waals surface area (Å²) < 4.78 is 30.4. The van der Waals surface area contributed by atoms with Crippen LogP contribution in [0, 0.1) is 19.7 Å². The van der Waals surface area contributed by atoms with Gasteiger partial charge in [0, 0.05) is 23.5 Å². The largest absolute Gasteiger partial charge is 0.444 e. The van der Waals surface area contributed by atoms with E-state index >= 15 is 0 Å². The molecule has 0 saturated heterocycles. The first kappa shape index (κ1) is 34.3. The zero-order valence-corrected chi connectivity index (χ0v) is 28.2. The quantitative estimate of drug-likeness (QED) is 0.136. The Bertz CT molecular complexity index is 1740. The Morgan fingerprint density at radius 2 is 1.75 bits per heavy atom. The van der Waals surface area contributed by atoms with E-state index in [2.05, 4.69) is 27.4 Å². The average molecular weight is 656 g/mol. The molecular formula is C37H42FN5O5. The minimum Gasteiger partial charge on any atom is -0.444 e. The first-order chi connectivity index (χ1) is 22.9. The fourth-order valence-corrected chi connectivity index (χ4v) is 5.45. The van der Waals surface area contributed by atoms with E-state index in [0.717, 1.165) is 33.8 Å². The number of halogens is 1. The number of anilines is 3. The molecule has 0 aliphatic carbocycles. The number of hydrogen-bond donors (Lipinski definition) is 2. The maximum absolute atomic E-state index is 13.4. The van der Waals surface area contributed by atoms with Gasteiger partial charge < -0.3 is 29.7 Å². The van der Waals surface area contributed by atoms with Gasteiger partial charge in [-0.3, -0.25) is 0 Å². The Morgan fingerprint density at radius 1 is 1.02 bits per heavy atom. The number of carbonyl (C=O) groups excluding carboxylic acids is 2. The van der Waals surface area contributed by atoms with Crippen molar-refractivity contribution < 1.29 is 28.2 Å². The van der Waals surface area contributed by atoms with Crippen LogP contribution in [0.3, 0.4) is 0 Å². The number of alkyl carbamates (subject to hydrolysis) is 1. The Morgan fingerprint density at radius 3 is 2.46 bits per heavy atom. The summed E-state index contributed by atoms with van der Waals surface area (Å²) in [7, 11) is 0. The number of nitrogens with one attached hydrogen (secondary N) is 2. The van der Waals surface area contributed by atoms with Crippen LogP contribution in [0.5, 0.6) is 5.75 Å². The summed E-state index contributed by atoms with van der Waals surface area (Å²) >= 11 is 0. The smallest absolute Gasteiger partial charge is 0.408 e. The molecule has 0 fully saturated rings. The van der Waals surface area contributed by atoms with Crippen molar-refractivity contribution in [2.75, 3.05) is 23.4 Å². The lowest BCUT2D eigenvalue weighted by molar-refractivity contribution is -0.138. The van der Waals surface area contributed by atoms with Gasteiger partial charge in [-0.25, -0.2) is 19.0 Å². The van der Waals surface area contributed by atoms with Crippen LogP contribution in [0.1, 0.15) is 61.7 Å². The molecule has 2 N–H and O–H groups in total. The second kappa shape index (κ2) is 14.8. The van der Waals surface area contributed by atoms with Gasteiger partial charge in [0.15, 0.2) is 6.04 Å². The molecule has 11 heteroatoms. The van der Waals surface area contributed by atoms with Crippen molar-refractivity contribution in [1.29, 1.82) is 0 Å². The molecule has 1 amide bonds. The predicted molar refractivity (Wildman–Crippen MR) is 182 cm³/mol. The third kappa shape index (κ3) is 8.86.